The van der Waals surface area contributed by atoms with Crippen LogP contribution in [0.4, 0.5) is 11.5 Å². The second-order valence-electron chi connectivity index (χ2n) is 8.70. The Morgan fingerprint density at radius 3 is 2.59 bits per heavy atom. The van der Waals surface area contributed by atoms with Crippen LogP contribution in [0, 0.1) is 12.8 Å². The quantitative estimate of drug-likeness (QED) is 0.597. The first kappa shape index (κ1) is 21.1. The van der Waals surface area contributed by atoms with E-state index in [-0.39, 0.29) is 5.92 Å². The molecule has 7 heteroatoms. The number of fused-ring (bicyclic) bond motifs is 1. The number of hydrogen-bond donors (Lipinski definition) is 0. The van der Waals surface area contributed by atoms with Gasteiger partial charge in [0.1, 0.15) is 11.6 Å². The lowest BCUT2D eigenvalue weighted by Gasteiger charge is -2.40. The molecule has 2 aliphatic rings. The molecule has 0 aliphatic carbocycles. The van der Waals surface area contributed by atoms with Crippen molar-refractivity contribution in [2.75, 3.05) is 56.2 Å². The lowest BCUT2D eigenvalue weighted by molar-refractivity contribution is -0.136. The number of methoxy groups -OCH3 is 1. The lowest BCUT2D eigenvalue weighted by Crippen LogP contribution is -2.52. The molecule has 6 nitrogen and oxygen atoms in total. The summed E-state index contributed by atoms with van der Waals surface area (Å²) in [5.74, 6) is 2.26. The Morgan fingerprint density at radius 2 is 1.84 bits per heavy atom. The van der Waals surface area contributed by atoms with Crippen molar-refractivity contribution in [3.05, 3.63) is 47.5 Å². The first-order valence-electron chi connectivity index (χ1n) is 11.4. The Bertz CT molecular complexity index is 1090. The average Bonchev–Trinajstić information content (AvgIpc) is 3.24. The Morgan fingerprint density at radius 1 is 1.06 bits per heavy atom. The third-order valence-corrected chi connectivity index (χ3v) is 7.66. The van der Waals surface area contributed by atoms with Crippen molar-refractivity contribution in [3.8, 4) is 5.75 Å². The van der Waals surface area contributed by atoms with Crippen LogP contribution in [0.25, 0.3) is 10.1 Å². The number of benzene rings is 1. The van der Waals surface area contributed by atoms with Gasteiger partial charge in [0.15, 0.2) is 0 Å². The van der Waals surface area contributed by atoms with E-state index in [1.54, 1.807) is 18.4 Å². The summed E-state index contributed by atoms with van der Waals surface area (Å²) in [6.45, 7) is 7.15. The van der Waals surface area contributed by atoms with Crippen LogP contribution in [0.15, 0.2) is 42.6 Å². The number of nitrogens with zero attached hydrogens (tertiary/aromatic N) is 4. The van der Waals surface area contributed by atoms with Crippen LogP contribution in [0.3, 0.4) is 0 Å². The number of rotatable bonds is 4. The van der Waals surface area contributed by atoms with Gasteiger partial charge in [-0.2, -0.15) is 0 Å². The van der Waals surface area contributed by atoms with Crippen LogP contribution >= 0.6 is 11.3 Å². The van der Waals surface area contributed by atoms with E-state index in [1.165, 1.54) is 20.7 Å². The highest BCUT2D eigenvalue weighted by Gasteiger charge is 2.32. The summed E-state index contributed by atoms with van der Waals surface area (Å²) in [6, 6.07) is 12.5. The molecule has 5 rings (SSSR count). The minimum absolute atomic E-state index is 0.0491. The van der Waals surface area contributed by atoms with E-state index in [4.69, 9.17) is 9.72 Å². The van der Waals surface area contributed by atoms with Crippen molar-refractivity contribution < 1.29 is 9.53 Å². The van der Waals surface area contributed by atoms with Crippen LogP contribution in [-0.4, -0.2) is 62.2 Å². The van der Waals surface area contributed by atoms with Gasteiger partial charge in [-0.25, -0.2) is 4.98 Å². The molecule has 0 saturated carbocycles. The predicted octanol–water partition coefficient (Wildman–Crippen LogP) is 4.18. The number of pyridine rings is 1. The average molecular weight is 451 g/mol. The van der Waals surface area contributed by atoms with Gasteiger partial charge < -0.3 is 19.4 Å². The van der Waals surface area contributed by atoms with E-state index in [0.29, 0.717) is 5.91 Å². The van der Waals surface area contributed by atoms with Crippen molar-refractivity contribution in [2.24, 2.45) is 5.92 Å². The largest absolute Gasteiger partial charge is 0.497 e. The van der Waals surface area contributed by atoms with Crippen LogP contribution in [-0.2, 0) is 4.79 Å². The Balaban J connectivity index is 1.23. The van der Waals surface area contributed by atoms with E-state index in [0.717, 1.165) is 63.7 Å². The second kappa shape index (κ2) is 8.98. The molecule has 32 heavy (non-hydrogen) atoms. The molecule has 1 amide bonds. The smallest absolute Gasteiger partial charge is 0.227 e. The summed E-state index contributed by atoms with van der Waals surface area (Å²) in [7, 11) is 1.68. The third-order valence-electron chi connectivity index (χ3n) is 6.65. The zero-order valence-electron chi connectivity index (χ0n) is 18.8. The maximum Gasteiger partial charge on any atom is 0.227 e. The Hall–Kier alpha value is -2.80. The number of aromatic nitrogens is 1. The molecular formula is C25H30N4O2S. The lowest BCUT2D eigenvalue weighted by atomic mass is 9.96. The first-order chi connectivity index (χ1) is 15.6. The molecular weight excluding hydrogens is 420 g/mol. The van der Waals surface area contributed by atoms with Crippen molar-refractivity contribution in [2.45, 2.75) is 19.8 Å². The minimum Gasteiger partial charge on any atom is -0.497 e. The fourth-order valence-electron chi connectivity index (χ4n) is 4.94. The van der Waals surface area contributed by atoms with Gasteiger partial charge >= 0.3 is 0 Å². The maximum atomic E-state index is 13.4. The zero-order chi connectivity index (χ0) is 22.1. The molecule has 168 valence electrons. The molecule has 2 aliphatic heterocycles. The number of thiophene rings is 1. The minimum atomic E-state index is 0.0491. The zero-order valence-corrected chi connectivity index (χ0v) is 19.6. The van der Waals surface area contributed by atoms with Crippen LogP contribution in [0.5, 0.6) is 5.75 Å². The summed E-state index contributed by atoms with van der Waals surface area (Å²) in [5.41, 5.74) is 1.19. The summed E-state index contributed by atoms with van der Waals surface area (Å²) >= 11 is 1.81. The number of piperidine rings is 1. The van der Waals surface area contributed by atoms with Crippen molar-refractivity contribution >= 4 is 38.8 Å². The first-order valence-corrected chi connectivity index (χ1v) is 12.2. The maximum absolute atomic E-state index is 13.4. The van der Waals surface area contributed by atoms with Crippen LogP contribution < -0.4 is 14.5 Å². The van der Waals surface area contributed by atoms with Gasteiger partial charge in [-0.15, -0.1) is 11.3 Å². The van der Waals surface area contributed by atoms with Crippen molar-refractivity contribution in [3.63, 3.8) is 0 Å². The number of ether oxygens (including phenoxy) is 1. The van der Waals surface area contributed by atoms with Gasteiger partial charge in [0.2, 0.25) is 5.91 Å². The molecule has 0 spiro atoms. The molecule has 0 unspecified atom stereocenters. The SMILES string of the molecule is COc1ccc(N2CCN(C(=O)[C@H]3CCCN(c4nccc5sc(C)cc45)C3)CC2)cc1. The second-order valence-corrected chi connectivity index (χ2v) is 9.99. The van der Waals surface area contributed by atoms with Gasteiger partial charge in [0.05, 0.1) is 13.0 Å². The normalized spacial score (nSPS) is 19.4. The molecule has 0 N–H and O–H groups in total. The monoisotopic (exact) mass is 450 g/mol. The molecule has 0 bridgehead atoms. The number of amides is 1. The van der Waals surface area contributed by atoms with Gasteiger partial charge in [-0.05, 0) is 56.2 Å². The van der Waals surface area contributed by atoms with E-state index in [1.807, 2.05) is 18.3 Å². The van der Waals surface area contributed by atoms with Gasteiger partial charge in [-0.1, -0.05) is 0 Å². The summed E-state index contributed by atoms with van der Waals surface area (Å²) in [6.07, 6.45) is 3.90. The summed E-state index contributed by atoms with van der Waals surface area (Å²) in [4.78, 5) is 26.1. The fourth-order valence-corrected chi connectivity index (χ4v) is 5.85. The molecule has 2 saturated heterocycles. The number of hydrogen-bond acceptors (Lipinski definition) is 6. The van der Waals surface area contributed by atoms with Gasteiger partial charge in [0, 0.05) is 66.1 Å². The molecule has 1 aromatic carbocycles. The highest BCUT2D eigenvalue weighted by molar-refractivity contribution is 7.19. The molecule has 4 heterocycles. The van der Waals surface area contributed by atoms with E-state index in [9.17, 15) is 4.79 Å². The molecule has 2 aromatic heterocycles. The number of carbonyl (C=O) groups excluding carboxylic acids is 1. The highest BCUT2D eigenvalue weighted by atomic mass is 32.1. The number of piperazine rings is 1. The fraction of sp³-hybridized carbons (Fsp3) is 0.440. The summed E-state index contributed by atoms with van der Waals surface area (Å²) < 4.78 is 6.53. The molecule has 3 aromatic rings. The van der Waals surface area contributed by atoms with E-state index in [2.05, 4.69) is 45.9 Å². The highest BCUT2D eigenvalue weighted by Crippen LogP contribution is 2.33. The van der Waals surface area contributed by atoms with Crippen LogP contribution in [0.1, 0.15) is 17.7 Å². The van der Waals surface area contributed by atoms with E-state index >= 15 is 0 Å². The molecule has 0 radical (unpaired) electrons. The Labute approximate surface area is 193 Å². The Kier molecular flexibility index (Phi) is 5.91. The van der Waals surface area contributed by atoms with Gasteiger partial charge in [0.25, 0.3) is 0 Å². The number of carbonyl (C=O) groups is 1. The van der Waals surface area contributed by atoms with Gasteiger partial charge in [-0.3, -0.25) is 4.79 Å². The van der Waals surface area contributed by atoms with Crippen molar-refractivity contribution in [1.29, 1.82) is 0 Å². The number of aryl methyl sites for hydroxylation is 1. The topological polar surface area (TPSA) is 48.9 Å². The van der Waals surface area contributed by atoms with Crippen molar-refractivity contribution in [1.82, 2.24) is 9.88 Å². The standard InChI is InChI=1S/C25H30N4O2S/c1-18-16-22-23(32-18)9-10-26-24(22)29-11-3-4-19(17-29)25(30)28-14-12-27(13-15-28)20-5-7-21(31-2)8-6-20/h5-10,16,19H,3-4,11-15,17H2,1-2H3/t19-/m0/s1. The van der Waals surface area contributed by atoms with E-state index < -0.39 is 0 Å². The summed E-state index contributed by atoms with van der Waals surface area (Å²) in [5, 5.41) is 1.22. The molecule has 1 atom stereocenters. The third kappa shape index (κ3) is 4.13. The number of anilines is 2. The predicted molar refractivity (Wildman–Crippen MR) is 131 cm³/mol. The molecule has 2 fully saturated rings. The van der Waals surface area contributed by atoms with Crippen LogP contribution in [0.2, 0.25) is 0 Å².